The number of halogens is 3. The minimum atomic E-state index is -3.89. The molecule has 0 amide bonds. The summed E-state index contributed by atoms with van der Waals surface area (Å²) in [5.41, 5.74) is 4.62. The third kappa shape index (κ3) is 4.65. The SMILES string of the molecule is O=C(O)C(F)(F)CC1=C(c2ccn3cc(CN4CC(CF)C4)nc3c2)c2ccc(O)cc2CCC1. The minimum Gasteiger partial charge on any atom is -0.508 e. The van der Waals surface area contributed by atoms with Crippen LogP contribution in [0, 0.1) is 5.92 Å². The topological polar surface area (TPSA) is 78.1 Å². The molecule has 2 N–H and O–H groups in total. The van der Waals surface area contributed by atoms with Crippen molar-refractivity contribution in [3.05, 3.63) is 70.7 Å². The molecular formula is C26H26F3N3O3. The monoisotopic (exact) mass is 485 g/mol. The van der Waals surface area contributed by atoms with Crippen LogP contribution < -0.4 is 0 Å². The fourth-order valence-corrected chi connectivity index (χ4v) is 5.12. The van der Waals surface area contributed by atoms with Gasteiger partial charge in [0.1, 0.15) is 11.4 Å². The van der Waals surface area contributed by atoms with Crippen LogP contribution >= 0.6 is 0 Å². The van der Waals surface area contributed by atoms with Crippen molar-refractivity contribution in [3.8, 4) is 5.75 Å². The van der Waals surface area contributed by atoms with Crippen molar-refractivity contribution >= 4 is 17.2 Å². The molecular weight excluding hydrogens is 459 g/mol. The molecule has 0 bridgehead atoms. The molecule has 1 aromatic carbocycles. The summed E-state index contributed by atoms with van der Waals surface area (Å²) >= 11 is 0. The number of allylic oxidation sites excluding steroid dienone is 1. The van der Waals surface area contributed by atoms with Gasteiger partial charge in [0, 0.05) is 44.4 Å². The molecule has 0 spiro atoms. The maximum absolute atomic E-state index is 14.3. The second-order valence-electron chi connectivity index (χ2n) is 9.49. The predicted molar refractivity (Wildman–Crippen MR) is 124 cm³/mol. The number of phenolic OH excluding ortho intramolecular Hbond substituents is 1. The van der Waals surface area contributed by atoms with Gasteiger partial charge in [-0.05, 0) is 65.8 Å². The van der Waals surface area contributed by atoms with Crippen LogP contribution in [0.2, 0.25) is 0 Å². The van der Waals surface area contributed by atoms with E-state index in [-0.39, 0.29) is 18.3 Å². The van der Waals surface area contributed by atoms with E-state index in [0.29, 0.717) is 66.8 Å². The Morgan fingerprint density at radius 3 is 2.71 bits per heavy atom. The van der Waals surface area contributed by atoms with Gasteiger partial charge in [0.05, 0.1) is 12.4 Å². The van der Waals surface area contributed by atoms with Gasteiger partial charge in [-0.15, -0.1) is 0 Å². The zero-order valence-electron chi connectivity index (χ0n) is 19.1. The molecule has 9 heteroatoms. The lowest BCUT2D eigenvalue weighted by atomic mass is 9.88. The smallest absolute Gasteiger partial charge is 0.374 e. The van der Waals surface area contributed by atoms with E-state index in [4.69, 9.17) is 5.11 Å². The molecule has 1 fully saturated rings. The first-order valence-electron chi connectivity index (χ1n) is 11.7. The van der Waals surface area contributed by atoms with E-state index in [0.717, 1.165) is 11.3 Å². The summed E-state index contributed by atoms with van der Waals surface area (Å²) in [5, 5.41) is 19.0. The van der Waals surface area contributed by atoms with Crippen molar-refractivity contribution in [2.45, 2.75) is 38.2 Å². The van der Waals surface area contributed by atoms with Crippen LogP contribution in [-0.4, -0.2) is 56.2 Å². The molecule has 2 aromatic heterocycles. The summed E-state index contributed by atoms with van der Waals surface area (Å²) in [7, 11) is 0. The number of benzene rings is 1. The van der Waals surface area contributed by atoms with Gasteiger partial charge in [-0.3, -0.25) is 9.29 Å². The summed E-state index contributed by atoms with van der Waals surface area (Å²) in [4.78, 5) is 18.0. The number of aryl methyl sites for hydroxylation is 1. The Bertz CT molecular complexity index is 1310. The highest BCUT2D eigenvalue weighted by molar-refractivity contribution is 5.86. The van der Waals surface area contributed by atoms with Gasteiger partial charge in [-0.1, -0.05) is 11.6 Å². The van der Waals surface area contributed by atoms with Crippen LogP contribution in [0.4, 0.5) is 13.2 Å². The van der Waals surface area contributed by atoms with E-state index in [1.165, 1.54) is 6.07 Å². The second-order valence-corrected chi connectivity index (χ2v) is 9.49. The highest BCUT2D eigenvalue weighted by Crippen LogP contribution is 2.40. The molecule has 0 radical (unpaired) electrons. The number of hydrogen-bond acceptors (Lipinski definition) is 4. The molecule has 35 heavy (non-hydrogen) atoms. The molecule has 184 valence electrons. The fourth-order valence-electron chi connectivity index (χ4n) is 5.12. The molecule has 5 rings (SSSR count). The summed E-state index contributed by atoms with van der Waals surface area (Å²) in [6.45, 7) is 1.69. The van der Waals surface area contributed by atoms with E-state index >= 15 is 0 Å². The number of fused-ring (bicyclic) bond motifs is 2. The van der Waals surface area contributed by atoms with Gasteiger partial charge >= 0.3 is 11.9 Å². The van der Waals surface area contributed by atoms with Crippen LogP contribution in [0.3, 0.4) is 0 Å². The Hall–Kier alpha value is -3.33. The molecule has 0 unspecified atom stereocenters. The zero-order valence-corrected chi connectivity index (χ0v) is 19.1. The van der Waals surface area contributed by atoms with Crippen LogP contribution in [0.15, 0.2) is 48.3 Å². The average molecular weight is 486 g/mol. The van der Waals surface area contributed by atoms with E-state index in [2.05, 4.69) is 9.88 Å². The summed E-state index contributed by atoms with van der Waals surface area (Å²) < 4.78 is 43.3. The van der Waals surface area contributed by atoms with Gasteiger partial charge in [-0.25, -0.2) is 9.78 Å². The molecule has 2 aliphatic rings. The lowest BCUT2D eigenvalue weighted by Crippen LogP contribution is -2.46. The van der Waals surface area contributed by atoms with Crippen LogP contribution in [-0.2, 0) is 17.8 Å². The molecule has 0 saturated carbocycles. The van der Waals surface area contributed by atoms with Crippen LogP contribution in [0.1, 0.15) is 41.6 Å². The number of aromatic nitrogens is 2. The first-order valence-corrected chi connectivity index (χ1v) is 11.7. The third-order valence-corrected chi connectivity index (χ3v) is 6.82. The molecule has 3 heterocycles. The summed E-state index contributed by atoms with van der Waals surface area (Å²) in [6.07, 6.45) is 4.30. The molecule has 3 aromatic rings. The first-order chi connectivity index (χ1) is 16.7. The van der Waals surface area contributed by atoms with Crippen molar-refractivity contribution in [1.82, 2.24) is 14.3 Å². The zero-order chi connectivity index (χ0) is 24.7. The van der Waals surface area contributed by atoms with Gasteiger partial charge in [0.2, 0.25) is 0 Å². The molecule has 0 atom stereocenters. The Labute approximate surface area is 200 Å². The Morgan fingerprint density at radius 1 is 1.17 bits per heavy atom. The normalized spacial score (nSPS) is 17.3. The Kier molecular flexibility index (Phi) is 6.04. The van der Waals surface area contributed by atoms with Gasteiger partial charge < -0.3 is 14.6 Å². The quantitative estimate of drug-likeness (QED) is 0.508. The minimum absolute atomic E-state index is 0.0858. The van der Waals surface area contributed by atoms with Crippen molar-refractivity contribution in [2.24, 2.45) is 5.92 Å². The van der Waals surface area contributed by atoms with Crippen LogP contribution in [0.5, 0.6) is 5.75 Å². The lowest BCUT2D eigenvalue weighted by molar-refractivity contribution is -0.164. The van der Waals surface area contributed by atoms with E-state index in [1.807, 2.05) is 28.9 Å². The highest BCUT2D eigenvalue weighted by atomic mass is 19.3. The number of aromatic hydroxyl groups is 1. The lowest BCUT2D eigenvalue weighted by Gasteiger charge is -2.37. The predicted octanol–water partition coefficient (Wildman–Crippen LogP) is 4.69. The van der Waals surface area contributed by atoms with Gasteiger partial charge in [0.15, 0.2) is 0 Å². The van der Waals surface area contributed by atoms with Gasteiger partial charge in [-0.2, -0.15) is 8.78 Å². The standard InChI is InChI=1S/C26H26F3N3O3/c27-11-16-12-31(13-16)14-20-15-32-7-6-18(9-23(32)30-20)24-19(10-26(28,29)25(34)35)3-1-2-17-8-21(33)4-5-22(17)24/h4-9,15-16,33H,1-3,10-14H2,(H,34,35). The number of rotatable bonds is 7. The maximum atomic E-state index is 14.3. The number of aliphatic carboxylic acids is 1. The number of phenols is 1. The van der Waals surface area contributed by atoms with E-state index in [9.17, 15) is 23.1 Å². The molecule has 1 aliphatic carbocycles. The van der Waals surface area contributed by atoms with Crippen molar-refractivity contribution in [2.75, 3.05) is 19.8 Å². The number of carboxylic acid groups (broad SMARTS) is 1. The Balaban J connectivity index is 1.56. The number of imidazole rings is 1. The first kappa shape index (κ1) is 23.4. The molecule has 1 saturated heterocycles. The highest BCUT2D eigenvalue weighted by Gasteiger charge is 2.40. The van der Waals surface area contributed by atoms with Crippen molar-refractivity contribution in [3.63, 3.8) is 0 Å². The van der Waals surface area contributed by atoms with Crippen LogP contribution in [0.25, 0.3) is 11.2 Å². The second kappa shape index (κ2) is 9.03. The third-order valence-electron chi connectivity index (χ3n) is 6.82. The Morgan fingerprint density at radius 2 is 1.97 bits per heavy atom. The number of likely N-dealkylation sites (tertiary alicyclic amines) is 1. The van der Waals surface area contributed by atoms with Gasteiger partial charge in [0.25, 0.3) is 0 Å². The van der Waals surface area contributed by atoms with E-state index < -0.39 is 18.3 Å². The number of nitrogens with zero attached hydrogens (tertiary/aromatic N) is 3. The fraction of sp³-hybridized carbons (Fsp3) is 0.385. The number of pyridine rings is 1. The summed E-state index contributed by atoms with van der Waals surface area (Å²) in [5.74, 6) is -5.85. The van der Waals surface area contributed by atoms with Crippen molar-refractivity contribution in [1.29, 1.82) is 0 Å². The summed E-state index contributed by atoms with van der Waals surface area (Å²) in [6, 6.07) is 8.49. The largest absolute Gasteiger partial charge is 0.508 e. The van der Waals surface area contributed by atoms with E-state index in [1.54, 1.807) is 12.1 Å². The maximum Gasteiger partial charge on any atom is 0.374 e. The number of carbonyl (C=O) groups is 1. The number of alkyl halides is 3. The van der Waals surface area contributed by atoms with Crippen molar-refractivity contribution < 1.29 is 28.2 Å². The average Bonchev–Trinajstić information content (AvgIpc) is 3.10. The number of hydrogen-bond donors (Lipinski definition) is 2. The molecule has 1 aliphatic heterocycles. The molecule has 6 nitrogen and oxygen atoms in total. The number of carboxylic acids is 1.